The first-order chi connectivity index (χ1) is 13.8. The third-order valence-electron chi connectivity index (χ3n) is 2.11. The molecule has 0 saturated carbocycles. The minimum absolute atomic E-state index is 2.19. The Balaban J connectivity index is 7.45. The SMILES string of the molecule is O=S(=O)(O[B-](OS(=O)(=O)C(F)(F)F)(OS(=O)(=O)C(F)(F)F)OS(=O)(=O)C(F)(F)F)C(F)(F)F. The molecule has 0 rings (SSSR count). The van der Waals surface area contributed by atoms with Gasteiger partial charge in [-0.25, -0.2) is 0 Å². The molecule has 0 radical (unpaired) electrons. The average molecular weight is 607 g/mol. The van der Waals surface area contributed by atoms with Crippen LogP contribution in [0, 0.1) is 0 Å². The predicted octanol–water partition coefficient (Wildman–Crippen LogP) is 0.887. The summed E-state index contributed by atoms with van der Waals surface area (Å²) in [6.45, 7) is -7.89. The van der Waals surface area contributed by atoms with Crippen LogP contribution in [0.5, 0.6) is 0 Å². The molecule has 0 aromatic rings. The smallest absolute Gasteiger partial charge is 0.398 e. The van der Waals surface area contributed by atoms with E-state index < -0.39 is 69.5 Å². The van der Waals surface area contributed by atoms with Crippen LogP contribution in [0.4, 0.5) is 52.7 Å². The molecule has 29 heteroatoms. The molecule has 0 aliphatic rings. The quantitative estimate of drug-likeness (QED) is 0.217. The van der Waals surface area contributed by atoms with Crippen molar-refractivity contribution in [2.24, 2.45) is 0 Å². The summed E-state index contributed by atoms with van der Waals surface area (Å²) in [6, 6.07) is 0. The summed E-state index contributed by atoms with van der Waals surface area (Å²) in [7, 11) is -32.2. The van der Waals surface area contributed by atoms with E-state index in [1.165, 1.54) is 0 Å². The first kappa shape index (κ1) is 31.9. The number of halogens is 12. The maximum absolute atomic E-state index is 12.4. The van der Waals surface area contributed by atoms with E-state index in [2.05, 4.69) is 16.4 Å². The number of alkyl halides is 12. The van der Waals surface area contributed by atoms with Crippen LogP contribution >= 0.6 is 0 Å². The topological polar surface area (TPSA) is 173 Å². The van der Waals surface area contributed by atoms with Crippen molar-refractivity contribution in [3.05, 3.63) is 0 Å². The second-order valence-electron chi connectivity index (χ2n) is 4.56. The largest absolute Gasteiger partial charge is 0.587 e. The van der Waals surface area contributed by atoms with Crippen molar-refractivity contribution < 1.29 is 103 Å². The Morgan fingerprint density at radius 2 is 0.485 bits per heavy atom. The summed E-state index contributed by atoms with van der Waals surface area (Å²) in [5.74, 6) is 0. The molecule has 0 heterocycles. The normalized spacial score (nSPS) is 16.1. The summed E-state index contributed by atoms with van der Waals surface area (Å²) in [5, 5.41) is 0. The van der Waals surface area contributed by atoms with Gasteiger partial charge in [-0.3, -0.25) is 0 Å². The van der Waals surface area contributed by atoms with Gasteiger partial charge in [0.25, 0.3) is 0 Å². The van der Waals surface area contributed by atoms with Crippen LogP contribution in [0.25, 0.3) is 0 Å². The minimum atomic E-state index is -8.05. The van der Waals surface area contributed by atoms with E-state index in [4.69, 9.17) is 0 Å². The number of hydrogen-bond acceptors (Lipinski definition) is 12. The van der Waals surface area contributed by atoms with E-state index in [0.717, 1.165) is 0 Å². The molecule has 12 nitrogen and oxygen atoms in total. The molecular weight excluding hydrogens is 607 g/mol. The second-order valence-corrected chi connectivity index (χ2v) is 10.8. The van der Waals surface area contributed by atoms with Gasteiger partial charge in [-0.2, -0.15) is 86.4 Å². The Labute approximate surface area is 172 Å². The van der Waals surface area contributed by atoms with Crippen LogP contribution < -0.4 is 0 Å². The Bertz CT molecular complexity index is 963. The van der Waals surface area contributed by atoms with Gasteiger partial charge in [0.15, 0.2) is 0 Å². The number of hydrogen-bond donors (Lipinski definition) is 0. The van der Waals surface area contributed by atoms with Crippen LogP contribution in [-0.2, 0) is 56.9 Å². The van der Waals surface area contributed by atoms with E-state index in [9.17, 15) is 86.4 Å². The first-order valence-electron chi connectivity index (χ1n) is 6.03. The minimum Gasteiger partial charge on any atom is -0.398 e. The van der Waals surface area contributed by atoms with Crippen molar-refractivity contribution in [1.29, 1.82) is 0 Å². The molecule has 0 amide bonds. The maximum atomic E-state index is 12.4. The molecule has 0 aromatic carbocycles. The van der Waals surface area contributed by atoms with Gasteiger partial charge in [0, 0.05) is 0 Å². The molecule has 0 saturated heterocycles. The standard InChI is InChI=1S/C4BF12O12S4/c6-1(7,8)30(18,19)26-5(27-31(20,21)2(9,10)11,28-32(22,23)3(12,13)14)29-33(24,25)4(15,16)17/q-1. The Hall–Kier alpha value is -1.14. The van der Waals surface area contributed by atoms with Crippen LogP contribution in [0.1, 0.15) is 0 Å². The fourth-order valence-corrected chi connectivity index (χ4v) is 3.38. The van der Waals surface area contributed by atoms with Crippen LogP contribution in [0.3, 0.4) is 0 Å². The highest BCUT2D eigenvalue weighted by molar-refractivity contribution is 7.93. The highest BCUT2D eigenvalue weighted by Gasteiger charge is 2.64. The maximum Gasteiger partial charge on any atom is 0.587 e. The predicted molar refractivity (Wildman–Crippen MR) is 70.0 cm³/mol. The molecule has 0 aliphatic carbocycles. The molecule has 33 heavy (non-hydrogen) atoms. The summed E-state index contributed by atoms with van der Waals surface area (Å²) < 4.78 is 244. The molecule has 0 aromatic heterocycles. The summed E-state index contributed by atoms with van der Waals surface area (Å²) in [6.07, 6.45) is 0. The van der Waals surface area contributed by atoms with Crippen molar-refractivity contribution in [3.63, 3.8) is 0 Å². The summed E-state index contributed by atoms with van der Waals surface area (Å²) in [5.41, 5.74) is -28.5. The molecule has 0 atom stereocenters. The zero-order valence-electron chi connectivity index (χ0n) is 13.6. The van der Waals surface area contributed by atoms with Crippen LogP contribution in [0.15, 0.2) is 0 Å². The van der Waals surface area contributed by atoms with Crippen LogP contribution in [0.2, 0.25) is 0 Å². The van der Waals surface area contributed by atoms with Crippen molar-refractivity contribution in [2.45, 2.75) is 22.0 Å². The highest BCUT2D eigenvalue weighted by Crippen LogP contribution is 2.39. The molecule has 0 unspecified atom stereocenters. The fourth-order valence-electron chi connectivity index (χ4n) is 0.935. The third kappa shape index (κ3) is 7.42. The molecule has 0 spiro atoms. The number of rotatable bonds is 8. The average Bonchev–Trinajstić information content (AvgIpc) is 2.38. The van der Waals surface area contributed by atoms with E-state index in [1.807, 2.05) is 0 Å². The van der Waals surface area contributed by atoms with Crippen LogP contribution in [-0.4, -0.2) is 62.7 Å². The van der Waals surface area contributed by atoms with Gasteiger partial charge in [-0.05, 0) is 0 Å². The van der Waals surface area contributed by atoms with E-state index in [0.29, 0.717) is 0 Å². The first-order valence-corrected chi connectivity index (χ1v) is 11.7. The van der Waals surface area contributed by atoms with Gasteiger partial charge in [0.2, 0.25) is 0 Å². The Kier molecular flexibility index (Phi) is 8.22. The van der Waals surface area contributed by atoms with Gasteiger partial charge >= 0.3 is 69.5 Å². The molecule has 0 fully saturated rings. The Morgan fingerprint density at radius 1 is 0.364 bits per heavy atom. The van der Waals surface area contributed by atoms with Gasteiger partial charge in [0.1, 0.15) is 0 Å². The molecule has 0 N–H and O–H groups in total. The van der Waals surface area contributed by atoms with E-state index in [-0.39, 0.29) is 0 Å². The van der Waals surface area contributed by atoms with Crippen molar-refractivity contribution in [2.75, 3.05) is 0 Å². The lowest BCUT2D eigenvalue weighted by Crippen LogP contribution is -2.59. The molecular formula is C4BF12O12S4-. The van der Waals surface area contributed by atoms with Crippen molar-refractivity contribution in [1.82, 2.24) is 0 Å². The van der Waals surface area contributed by atoms with Gasteiger partial charge < -0.3 is 16.4 Å². The van der Waals surface area contributed by atoms with Gasteiger partial charge in [0.05, 0.1) is 0 Å². The summed E-state index contributed by atoms with van der Waals surface area (Å²) in [4.78, 5) is 0. The van der Waals surface area contributed by atoms with Crippen molar-refractivity contribution >= 4 is 47.4 Å². The van der Waals surface area contributed by atoms with Crippen molar-refractivity contribution in [3.8, 4) is 0 Å². The lowest BCUT2D eigenvalue weighted by Gasteiger charge is -2.37. The highest BCUT2D eigenvalue weighted by atomic mass is 32.2. The molecule has 0 bridgehead atoms. The summed E-state index contributed by atoms with van der Waals surface area (Å²) >= 11 is 0. The fraction of sp³-hybridized carbons (Fsp3) is 1.00. The molecule has 0 aliphatic heterocycles. The zero-order valence-corrected chi connectivity index (χ0v) is 16.9. The van der Waals surface area contributed by atoms with E-state index >= 15 is 0 Å². The zero-order chi connectivity index (χ0) is 27.3. The lowest BCUT2D eigenvalue weighted by atomic mass is 10.1. The second kappa shape index (κ2) is 8.51. The van der Waals surface area contributed by atoms with Gasteiger partial charge in [-0.15, -0.1) is 0 Å². The monoisotopic (exact) mass is 607 g/mol. The molecule has 200 valence electrons. The van der Waals surface area contributed by atoms with Gasteiger partial charge in [-0.1, -0.05) is 0 Å². The third-order valence-corrected chi connectivity index (χ3v) is 6.34. The Morgan fingerprint density at radius 3 is 0.576 bits per heavy atom. The van der Waals surface area contributed by atoms with E-state index in [1.54, 1.807) is 0 Å². The lowest BCUT2D eigenvalue weighted by molar-refractivity contribution is -0.0651.